The first-order valence-electron chi connectivity index (χ1n) is 8.39. The minimum absolute atomic E-state index is 0.0869. The number of carbonyl (C=O) groups is 1. The van der Waals surface area contributed by atoms with Crippen molar-refractivity contribution in [1.82, 2.24) is 0 Å². The average molecular weight is 386 g/mol. The highest BCUT2D eigenvalue weighted by molar-refractivity contribution is 5.69. The highest BCUT2D eigenvalue weighted by Crippen LogP contribution is 2.32. The predicted octanol–water partition coefficient (Wildman–Crippen LogP) is 4.80. The van der Waals surface area contributed by atoms with E-state index in [1.165, 1.54) is 6.07 Å². The summed E-state index contributed by atoms with van der Waals surface area (Å²) in [6.07, 6.45) is 0.615. The van der Waals surface area contributed by atoms with Gasteiger partial charge in [0.2, 0.25) is 0 Å². The van der Waals surface area contributed by atoms with Gasteiger partial charge in [-0.2, -0.15) is 5.11 Å². The fraction of sp³-hybridized carbons (Fsp3) is 0.278. The first-order valence-corrected chi connectivity index (χ1v) is 8.39. The van der Waals surface area contributed by atoms with Crippen LogP contribution >= 0.6 is 0 Å². The van der Waals surface area contributed by atoms with E-state index in [0.29, 0.717) is 12.1 Å². The second kappa shape index (κ2) is 9.31. The summed E-state index contributed by atoms with van der Waals surface area (Å²) in [5, 5.41) is 29.6. The van der Waals surface area contributed by atoms with Gasteiger partial charge in [-0.05, 0) is 44.0 Å². The van der Waals surface area contributed by atoms with Crippen LogP contribution in [-0.2, 0) is 16.0 Å². The molecule has 0 aliphatic carbocycles. The number of benzene rings is 2. The molecule has 0 radical (unpaired) electrons. The monoisotopic (exact) mass is 386 g/mol. The second-order valence-corrected chi connectivity index (χ2v) is 6.09. The lowest BCUT2D eigenvalue weighted by Gasteiger charge is -2.07. The van der Waals surface area contributed by atoms with Crippen LogP contribution in [0.15, 0.2) is 52.7 Å². The zero-order valence-electron chi connectivity index (χ0n) is 15.3. The molecule has 0 fully saturated rings. The molecule has 0 atom stereocenters. The summed E-state index contributed by atoms with van der Waals surface area (Å²) >= 11 is 0. The van der Waals surface area contributed by atoms with Gasteiger partial charge in [0.15, 0.2) is 5.69 Å². The molecule has 10 nitrogen and oxygen atoms in total. The third kappa shape index (κ3) is 5.94. The van der Waals surface area contributed by atoms with Crippen molar-refractivity contribution < 1.29 is 19.4 Å². The smallest absolute Gasteiger partial charge is 0.306 e. The molecule has 146 valence electrons. The Morgan fingerprint density at radius 2 is 1.71 bits per heavy atom. The molecule has 2 rings (SSSR count). The van der Waals surface area contributed by atoms with E-state index in [-0.39, 0.29) is 24.2 Å². The lowest BCUT2D eigenvalue weighted by atomic mass is 10.1. The third-order valence-electron chi connectivity index (χ3n) is 3.56. The van der Waals surface area contributed by atoms with Crippen LogP contribution in [0.3, 0.4) is 0 Å². The maximum absolute atomic E-state index is 11.6. The molecule has 0 N–H and O–H groups in total. The number of hydrogen-bond donors (Lipinski definition) is 0. The number of non-ortho nitro benzene ring substituents is 1. The van der Waals surface area contributed by atoms with Gasteiger partial charge < -0.3 is 4.74 Å². The summed E-state index contributed by atoms with van der Waals surface area (Å²) in [4.78, 5) is 31.9. The Bertz CT molecular complexity index is 909. The van der Waals surface area contributed by atoms with Gasteiger partial charge in [0, 0.05) is 12.5 Å². The first-order chi connectivity index (χ1) is 13.3. The third-order valence-corrected chi connectivity index (χ3v) is 3.56. The van der Waals surface area contributed by atoms with Crippen LogP contribution in [-0.4, -0.2) is 21.9 Å². The van der Waals surface area contributed by atoms with Gasteiger partial charge in [0.05, 0.1) is 27.7 Å². The topological polar surface area (TPSA) is 137 Å². The number of aryl methyl sites for hydroxylation is 1. The molecular weight excluding hydrogens is 368 g/mol. The number of carbonyl (C=O) groups excluding carboxylic acids is 1. The van der Waals surface area contributed by atoms with Crippen LogP contribution in [0.4, 0.5) is 22.7 Å². The van der Waals surface area contributed by atoms with Crippen molar-refractivity contribution in [3.63, 3.8) is 0 Å². The zero-order chi connectivity index (χ0) is 20.7. The number of nitrogens with zero attached hydrogens (tertiary/aromatic N) is 4. The largest absolute Gasteiger partial charge is 0.463 e. The van der Waals surface area contributed by atoms with Crippen LogP contribution in [0.2, 0.25) is 0 Å². The summed E-state index contributed by atoms with van der Waals surface area (Å²) < 4.78 is 5.07. The first kappa shape index (κ1) is 20.6. The lowest BCUT2D eigenvalue weighted by molar-refractivity contribution is -0.393. The SMILES string of the molecule is CC(C)OC(=O)CCc1ccc(N=Nc2ccc([N+](=O)[O-])cc2[N+](=O)[O-])cc1. The normalized spacial score (nSPS) is 11.0. The zero-order valence-corrected chi connectivity index (χ0v) is 15.3. The molecule has 0 aromatic heterocycles. The van der Waals surface area contributed by atoms with Gasteiger partial charge in [0.25, 0.3) is 5.69 Å². The Morgan fingerprint density at radius 1 is 1.04 bits per heavy atom. The van der Waals surface area contributed by atoms with E-state index in [0.717, 1.165) is 17.7 Å². The fourth-order valence-corrected chi connectivity index (χ4v) is 2.27. The molecular formula is C18H18N4O6. The molecule has 0 saturated heterocycles. The Kier molecular flexibility index (Phi) is 6.85. The summed E-state index contributed by atoms with van der Waals surface area (Å²) in [5.41, 5.74) is 0.363. The van der Waals surface area contributed by atoms with Crippen molar-refractivity contribution in [3.05, 3.63) is 68.3 Å². The number of nitro groups is 2. The standard InChI is InChI=1S/C18H18N4O6/c1-12(2)28-18(23)10-5-13-3-6-14(7-4-13)19-20-16-9-8-15(21(24)25)11-17(16)22(26)27/h3-4,6-9,11-12H,5,10H2,1-2H3. The molecule has 0 unspecified atom stereocenters. The van der Waals surface area contributed by atoms with Gasteiger partial charge in [-0.3, -0.25) is 25.0 Å². The molecule has 0 saturated carbocycles. The maximum Gasteiger partial charge on any atom is 0.306 e. The second-order valence-electron chi connectivity index (χ2n) is 6.09. The molecule has 0 heterocycles. The number of hydrogen-bond acceptors (Lipinski definition) is 8. The Balaban J connectivity index is 2.07. The van der Waals surface area contributed by atoms with Gasteiger partial charge in [0.1, 0.15) is 0 Å². The van der Waals surface area contributed by atoms with Gasteiger partial charge >= 0.3 is 11.7 Å². The quantitative estimate of drug-likeness (QED) is 0.276. The van der Waals surface area contributed by atoms with Crippen LogP contribution < -0.4 is 0 Å². The van der Waals surface area contributed by atoms with E-state index >= 15 is 0 Å². The average Bonchev–Trinajstić information content (AvgIpc) is 2.64. The molecule has 10 heteroatoms. The van der Waals surface area contributed by atoms with Gasteiger partial charge in [-0.15, -0.1) is 5.11 Å². The molecule has 0 spiro atoms. The van der Waals surface area contributed by atoms with E-state index in [1.54, 1.807) is 38.1 Å². The molecule has 0 aliphatic heterocycles. The van der Waals surface area contributed by atoms with Crippen molar-refractivity contribution in [2.75, 3.05) is 0 Å². The van der Waals surface area contributed by atoms with Gasteiger partial charge in [-0.25, -0.2) is 0 Å². The van der Waals surface area contributed by atoms with E-state index in [9.17, 15) is 25.0 Å². The minimum atomic E-state index is -0.749. The van der Waals surface area contributed by atoms with Crippen LogP contribution in [0.1, 0.15) is 25.8 Å². The summed E-state index contributed by atoms with van der Waals surface area (Å²) in [5.74, 6) is -0.274. The van der Waals surface area contributed by atoms with E-state index in [4.69, 9.17) is 4.74 Å². The van der Waals surface area contributed by atoms with Crippen molar-refractivity contribution in [2.45, 2.75) is 32.8 Å². The van der Waals surface area contributed by atoms with E-state index in [2.05, 4.69) is 10.2 Å². The summed E-state index contributed by atoms with van der Waals surface area (Å²) in [6.45, 7) is 3.57. The molecule has 0 bridgehead atoms. The number of ether oxygens (including phenoxy) is 1. The van der Waals surface area contributed by atoms with E-state index < -0.39 is 21.2 Å². The van der Waals surface area contributed by atoms with Crippen LogP contribution in [0.25, 0.3) is 0 Å². The number of azo groups is 1. The van der Waals surface area contributed by atoms with Gasteiger partial charge in [-0.1, -0.05) is 12.1 Å². The van der Waals surface area contributed by atoms with Crippen molar-refractivity contribution in [2.24, 2.45) is 10.2 Å². The predicted molar refractivity (Wildman–Crippen MR) is 99.9 cm³/mol. The highest BCUT2D eigenvalue weighted by atomic mass is 16.6. The highest BCUT2D eigenvalue weighted by Gasteiger charge is 2.19. The molecule has 2 aromatic carbocycles. The Morgan fingerprint density at radius 3 is 2.29 bits per heavy atom. The fourth-order valence-electron chi connectivity index (χ4n) is 2.27. The number of rotatable bonds is 8. The van der Waals surface area contributed by atoms with Crippen LogP contribution in [0.5, 0.6) is 0 Å². The Hall–Kier alpha value is -3.69. The summed E-state index contributed by atoms with van der Waals surface area (Å²) in [6, 6.07) is 9.99. The molecule has 2 aromatic rings. The molecule has 28 heavy (non-hydrogen) atoms. The minimum Gasteiger partial charge on any atom is -0.463 e. The maximum atomic E-state index is 11.6. The summed E-state index contributed by atoms with van der Waals surface area (Å²) in [7, 11) is 0. The van der Waals surface area contributed by atoms with Crippen molar-refractivity contribution in [3.8, 4) is 0 Å². The Labute approximate surface area is 160 Å². The lowest BCUT2D eigenvalue weighted by Crippen LogP contribution is -2.11. The van der Waals surface area contributed by atoms with Crippen molar-refractivity contribution in [1.29, 1.82) is 0 Å². The van der Waals surface area contributed by atoms with E-state index in [1.807, 2.05) is 0 Å². The molecule has 0 aliphatic rings. The van der Waals surface area contributed by atoms with Crippen molar-refractivity contribution >= 4 is 28.7 Å². The number of nitro benzene ring substituents is 2. The van der Waals surface area contributed by atoms with Crippen LogP contribution in [0, 0.1) is 20.2 Å². The molecule has 0 amide bonds. The number of esters is 1.